The van der Waals surface area contributed by atoms with E-state index in [0.29, 0.717) is 12.1 Å². The topological polar surface area (TPSA) is 56.7 Å². The van der Waals surface area contributed by atoms with E-state index in [1.807, 2.05) is 12.1 Å². The summed E-state index contributed by atoms with van der Waals surface area (Å²) in [6.07, 6.45) is 7.75. The van der Waals surface area contributed by atoms with Gasteiger partial charge in [0.1, 0.15) is 5.82 Å². The van der Waals surface area contributed by atoms with Crippen LogP contribution in [0.4, 0.5) is 5.82 Å². The third kappa shape index (κ3) is 3.24. The molecule has 120 valence electrons. The van der Waals surface area contributed by atoms with Crippen molar-refractivity contribution in [1.82, 2.24) is 9.88 Å². The maximum absolute atomic E-state index is 12.5. The lowest BCUT2D eigenvalue weighted by Crippen LogP contribution is -2.42. The summed E-state index contributed by atoms with van der Waals surface area (Å²) in [5, 5.41) is 10.4. The Kier molecular flexibility index (Phi) is 4.34. The Balaban J connectivity index is 1.63. The first-order chi connectivity index (χ1) is 10.6. The van der Waals surface area contributed by atoms with E-state index in [2.05, 4.69) is 9.88 Å². The molecule has 0 atom stereocenters. The lowest BCUT2D eigenvalue weighted by Gasteiger charge is -2.28. The van der Waals surface area contributed by atoms with Crippen LogP contribution in [0.15, 0.2) is 18.3 Å². The lowest BCUT2D eigenvalue weighted by molar-refractivity contribution is 0.0156. The zero-order valence-electron chi connectivity index (χ0n) is 13.3. The van der Waals surface area contributed by atoms with Crippen LogP contribution in [0.3, 0.4) is 0 Å². The minimum Gasteiger partial charge on any atom is -0.388 e. The fourth-order valence-corrected chi connectivity index (χ4v) is 3.57. The Morgan fingerprint density at radius 1 is 1.27 bits per heavy atom. The average molecular weight is 303 g/mol. The van der Waals surface area contributed by atoms with E-state index in [1.54, 1.807) is 18.1 Å². The highest BCUT2D eigenvalue weighted by molar-refractivity contribution is 5.94. The summed E-state index contributed by atoms with van der Waals surface area (Å²) in [4.78, 5) is 20.8. The van der Waals surface area contributed by atoms with Gasteiger partial charge in [0.05, 0.1) is 11.2 Å². The molecule has 5 nitrogen and oxygen atoms in total. The fraction of sp³-hybridized carbons (Fsp3) is 0.647. The third-order valence-corrected chi connectivity index (χ3v) is 4.84. The molecule has 1 aromatic rings. The van der Waals surface area contributed by atoms with Crippen molar-refractivity contribution < 1.29 is 9.90 Å². The number of carbonyl (C=O) groups excluding carboxylic acids is 1. The molecule has 2 aliphatic rings. The van der Waals surface area contributed by atoms with Gasteiger partial charge in [0.15, 0.2) is 0 Å². The number of hydrogen-bond donors (Lipinski definition) is 1. The summed E-state index contributed by atoms with van der Waals surface area (Å²) in [6.45, 7) is 2.50. The molecular formula is C17H25N3O2. The first-order valence-corrected chi connectivity index (χ1v) is 8.26. The van der Waals surface area contributed by atoms with Gasteiger partial charge in [0.25, 0.3) is 5.91 Å². The molecule has 3 rings (SSSR count). The van der Waals surface area contributed by atoms with Crippen LogP contribution in [0.1, 0.15) is 48.9 Å². The Hall–Kier alpha value is -1.62. The van der Waals surface area contributed by atoms with Gasteiger partial charge in [-0.15, -0.1) is 0 Å². The van der Waals surface area contributed by atoms with Crippen molar-refractivity contribution in [3.05, 3.63) is 23.9 Å². The zero-order chi connectivity index (χ0) is 15.6. The molecule has 0 spiro atoms. The van der Waals surface area contributed by atoms with Crippen LogP contribution < -0.4 is 4.90 Å². The van der Waals surface area contributed by atoms with Crippen molar-refractivity contribution in [3.8, 4) is 0 Å². The molecule has 2 heterocycles. The largest absolute Gasteiger partial charge is 0.388 e. The first kappa shape index (κ1) is 15.3. The number of pyridine rings is 1. The zero-order valence-corrected chi connectivity index (χ0v) is 13.3. The molecule has 0 aromatic carbocycles. The summed E-state index contributed by atoms with van der Waals surface area (Å²) < 4.78 is 0. The van der Waals surface area contributed by atoms with Crippen molar-refractivity contribution in [2.24, 2.45) is 0 Å². The van der Waals surface area contributed by atoms with E-state index in [9.17, 15) is 9.90 Å². The highest BCUT2D eigenvalue weighted by atomic mass is 16.3. The summed E-state index contributed by atoms with van der Waals surface area (Å²) in [5.41, 5.74) is -0.111. The maximum atomic E-state index is 12.5. The van der Waals surface area contributed by atoms with E-state index in [0.717, 1.165) is 44.6 Å². The normalized spacial score (nSPS) is 20.4. The van der Waals surface area contributed by atoms with Gasteiger partial charge in [-0.3, -0.25) is 4.79 Å². The molecule has 1 aliphatic heterocycles. The minimum absolute atomic E-state index is 0.0687. The van der Waals surface area contributed by atoms with Gasteiger partial charge in [-0.25, -0.2) is 4.98 Å². The van der Waals surface area contributed by atoms with E-state index >= 15 is 0 Å². The van der Waals surface area contributed by atoms with Gasteiger partial charge in [0, 0.05) is 32.9 Å². The van der Waals surface area contributed by atoms with Crippen LogP contribution in [0, 0.1) is 0 Å². The second-order valence-electron chi connectivity index (χ2n) is 6.69. The molecule has 1 aliphatic carbocycles. The van der Waals surface area contributed by atoms with Crippen molar-refractivity contribution in [2.75, 3.05) is 31.6 Å². The Bertz CT molecular complexity index is 517. The molecule has 1 N–H and O–H groups in total. The van der Waals surface area contributed by atoms with Crippen LogP contribution in [-0.2, 0) is 0 Å². The highest BCUT2D eigenvalue weighted by Gasteiger charge is 2.33. The number of rotatable bonds is 4. The van der Waals surface area contributed by atoms with Crippen LogP contribution in [0.5, 0.6) is 0 Å². The SMILES string of the molecule is CN(CC1(O)CCCC1)C(=O)c1ccc(N2CCCC2)nc1. The predicted octanol–water partition coefficient (Wildman–Crippen LogP) is 2.06. The standard InChI is InChI=1S/C17H25N3O2/c1-19(13-17(22)8-2-3-9-17)16(21)14-6-7-15(18-12-14)20-10-4-5-11-20/h6-7,12,22H,2-5,8-11,13H2,1H3. The quantitative estimate of drug-likeness (QED) is 0.925. The molecule has 1 saturated carbocycles. The fourth-order valence-electron chi connectivity index (χ4n) is 3.57. The van der Waals surface area contributed by atoms with Gasteiger partial charge >= 0.3 is 0 Å². The van der Waals surface area contributed by atoms with Gasteiger partial charge in [-0.2, -0.15) is 0 Å². The number of anilines is 1. The second-order valence-corrected chi connectivity index (χ2v) is 6.69. The number of aromatic nitrogens is 1. The molecular weight excluding hydrogens is 278 g/mol. The summed E-state index contributed by atoms with van der Waals surface area (Å²) >= 11 is 0. The third-order valence-electron chi connectivity index (χ3n) is 4.84. The van der Waals surface area contributed by atoms with Crippen molar-refractivity contribution in [1.29, 1.82) is 0 Å². The van der Waals surface area contributed by atoms with E-state index in [-0.39, 0.29) is 5.91 Å². The molecule has 0 bridgehead atoms. The molecule has 1 amide bonds. The first-order valence-electron chi connectivity index (χ1n) is 8.26. The molecule has 22 heavy (non-hydrogen) atoms. The smallest absolute Gasteiger partial charge is 0.255 e. The number of nitrogens with zero attached hydrogens (tertiary/aromatic N) is 3. The van der Waals surface area contributed by atoms with Gasteiger partial charge in [0.2, 0.25) is 0 Å². The van der Waals surface area contributed by atoms with E-state index < -0.39 is 5.60 Å². The molecule has 1 aromatic heterocycles. The van der Waals surface area contributed by atoms with Gasteiger partial charge in [-0.1, -0.05) is 12.8 Å². The molecule has 0 unspecified atom stereocenters. The van der Waals surface area contributed by atoms with Crippen molar-refractivity contribution >= 4 is 11.7 Å². The number of likely N-dealkylation sites (N-methyl/N-ethyl adjacent to an activating group) is 1. The van der Waals surface area contributed by atoms with Crippen LogP contribution in [0.25, 0.3) is 0 Å². The summed E-state index contributed by atoms with van der Waals surface area (Å²) in [5.74, 6) is 0.881. The van der Waals surface area contributed by atoms with Crippen molar-refractivity contribution in [3.63, 3.8) is 0 Å². The molecule has 0 radical (unpaired) electrons. The van der Waals surface area contributed by atoms with Crippen molar-refractivity contribution in [2.45, 2.75) is 44.1 Å². The summed E-state index contributed by atoms with van der Waals surface area (Å²) in [7, 11) is 1.76. The van der Waals surface area contributed by atoms with Crippen LogP contribution >= 0.6 is 0 Å². The van der Waals surface area contributed by atoms with Crippen LogP contribution in [0.2, 0.25) is 0 Å². The minimum atomic E-state index is -0.701. The van der Waals surface area contributed by atoms with Gasteiger partial charge in [-0.05, 0) is 37.8 Å². The number of amides is 1. The average Bonchev–Trinajstić information content (AvgIpc) is 3.18. The van der Waals surface area contributed by atoms with E-state index in [4.69, 9.17) is 0 Å². The Labute approximate surface area is 131 Å². The Morgan fingerprint density at radius 2 is 1.95 bits per heavy atom. The molecule has 5 heteroatoms. The predicted molar refractivity (Wildman–Crippen MR) is 86.1 cm³/mol. The maximum Gasteiger partial charge on any atom is 0.255 e. The monoisotopic (exact) mass is 303 g/mol. The lowest BCUT2D eigenvalue weighted by atomic mass is 10.0. The number of carbonyl (C=O) groups is 1. The molecule has 1 saturated heterocycles. The number of hydrogen-bond acceptors (Lipinski definition) is 4. The highest BCUT2D eigenvalue weighted by Crippen LogP contribution is 2.30. The Morgan fingerprint density at radius 3 is 2.55 bits per heavy atom. The van der Waals surface area contributed by atoms with Gasteiger partial charge < -0.3 is 14.9 Å². The second kappa shape index (κ2) is 6.24. The number of aliphatic hydroxyl groups is 1. The molecule has 2 fully saturated rings. The van der Waals surface area contributed by atoms with Crippen LogP contribution in [-0.4, -0.2) is 53.2 Å². The summed E-state index contributed by atoms with van der Waals surface area (Å²) in [6, 6.07) is 3.77. The van der Waals surface area contributed by atoms with E-state index in [1.165, 1.54) is 12.8 Å².